The molecule has 0 heterocycles. The minimum Gasteiger partial charge on any atom is -0.507 e. The second-order valence-corrected chi connectivity index (χ2v) is 5.84. The highest BCUT2D eigenvalue weighted by atomic mass is 19.3. The zero-order valence-corrected chi connectivity index (χ0v) is 14.8. The van der Waals surface area contributed by atoms with Gasteiger partial charge < -0.3 is 25.0 Å². The minimum atomic E-state index is -3.07. The maximum Gasteiger partial charge on any atom is 0.387 e. The Bertz CT molecular complexity index is 1070. The SMILES string of the molecule is O=C(COC(=O)c1cc(O)c2ccccc2c1O)Nc1ccccc1OC(F)F. The summed E-state index contributed by atoms with van der Waals surface area (Å²) >= 11 is 0. The first-order valence-corrected chi connectivity index (χ1v) is 8.31. The molecule has 0 aromatic heterocycles. The van der Waals surface area contributed by atoms with Crippen LogP contribution in [0, 0.1) is 0 Å². The number of aromatic hydroxyl groups is 2. The summed E-state index contributed by atoms with van der Waals surface area (Å²) in [7, 11) is 0. The average Bonchev–Trinajstić information content (AvgIpc) is 2.70. The van der Waals surface area contributed by atoms with E-state index in [1.165, 1.54) is 30.3 Å². The van der Waals surface area contributed by atoms with Crippen molar-refractivity contribution in [3.8, 4) is 17.2 Å². The largest absolute Gasteiger partial charge is 0.507 e. The smallest absolute Gasteiger partial charge is 0.387 e. The molecule has 0 saturated carbocycles. The number of amides is 1. The Hall–Kier alpha value is -3.88. The molecule has 9 heteroatoms. The highest BCUT2D eigenvalue weighted by Crippen LogP contribution is 2.35. The fourth-order valence-electron chi connectivity index (χ4n) is 2.66. The summed E-state index contributed by atoms with van der Waals surface area (Å²) in [6.45, 7) is -3.83. The number of esters is 1. The normalized spacial score (nSPS) is 10.7. The zero-order chi connectivity index (χ0) is 21.0. The highest BCUT2D eigenvalue weighted by molar-refractivity contribution is 6.04. The third-order valence-electron chi connectivity index (χ3n) is 3.93. The quantitative estimate of drug-likeness (QED) is 0.429. The van der Waals surface area contributed by atoms with Crippen molar-refractivity contribution in [1.82, 2.24) is 0 Å². The van der Waals surface area contributed by atoms with Crippen LogP contribution >= 0.6 is 0 Å². The van der Waals surface area contributed by atoms with Crippen LogP contribution in [0.15, 0.2) is 54.6 Å². The summed E-state index contributed by atoms with van der Waals surface area (Å²) in [4.78, 5) is 24.2. The van der Waals surface area contributed by atoms with Crippen LogP contribution in [0.25, 0.3) is 10.8 Å². The number of ether oxygens (including phenoxy) is 2. The highest BCUT2D eigenvalue weighted by Gasteiger charge is 2.19. The van der Waals surface area contributed by atoms with Crippen LogP contribution < -0.4 is 10.1 Å². The number of para-hydroxylation sites is 2. The molecular weight excluding hydrogens is 388 g/mol. The Balaban J connectivity index is 1.69. The van der Waals surface area contributed by atoms with E-state index in [1.807, 2.05) is 0 Å². The number of phenols is 2. The van der Waals surface area contributed by atoms with Crippen molar-refractivity contribution in [3.63, 3.8) is 0 Å². The summed E-state index contributed by atoms with van der Waals surface area (Å²) in [6.07, 6.45) is 0. The van der Waals surface area contributed by atoms with Gasteiger partial charge in [-0.1, -0.05) is 36.4 Å². The van der Waals surface area contributed by atoms with Gasteiger partial charge in [-0.3, -0.25) is 4.79 Å². The number of hydrogen-bond donors (Lipinski definition) is 3. The predicted molar refractivity (Wildman–Crippen MR) is 99.3 cm³/mol. The lowest BCUT2D eigenvalue weighted by molar-refractivity contribution is -0.119. The van der Waals surface area contributed by atoms with Crippen LogP contribution in [0.4, 0.5) is 14.5 Å². The Labute approximate surface area is 163 Å². The first kappa shape index (κ1) is 19.9. The number of phenolic OH excluding ortho intramolecular Hbond substituents is 2. The molecule has 3 N–H and O–H groups in total. The summed E-state index contributed by atoms with van der Waals surface area (Å²) in [5.74, 6) is -2.75. The maximum atomic E-state index is 12.4. The lowest BCUT2D eigenvalue weighted by atomic mass is 10.0. The van der Waals surface area contributed by atoms with Gasteiger partial charge in [-0.2, -0.15) is 8.78 Å². The van der Waals surface area contributed by atoms with Gasteiger partial charge in [0.05, 0.1) is 5.69 Å². The molecule has 150 valence electrons. The van der Waals surface area contributed by atoms with Crippen molar-refractivity contribution in [2.75, 3.05) is 11.9 Å². The first-order chi connectivity index (χ1) is 13.9. The number of anilines is 1. The van der Waals surface area contributed by atoms with Crippen molar-refractivity contribution >= 4 is 28.3 Å². The van der Waals surface area contributed by atoms with Crippen LogP contribution in [-0.4, -0.2) is 35.3 Å². The summed E-state index contributed by atoms with van der Waals surface area (Å²) in [5, 5.41) is 23.2. The monoisotopic (exact) mass is 403 g/mol. The molecule has 0 aliphatic carbocycles. The van der Waals surface area contributed by atoms with E-state index in [1.54, 1.807) is 18.2 Å². The zero-order valence-electron chi connectivity index (χ0n) is 14.8. The number of alkyl halides is 2. The fraction of sp³-hybridized carbons (Fsp3) is 0.100. The van der Waals surface area contributed by atoms with Gasteiger partial charge in [0.2, 0.25) is 0 Å². The lowest BCUT2D eigenvalue weighted by Crippen LogP contribution is -2.21. The van der Waals surface area contributed by atoms with Gasteiger partial charge >= 0.3 is 12.6 Å². The Morgan fingerprint density at radius 1 is 1.00 bits per heavy atom. The van der Waals surface area contributed by atoms with Gasteiger partial charge in [0, 0.05) is 10.8 Å². The number of carbonyl (C=O) groups is 2. The van der Waals surface area contributed by atoms with E-state index in [9.17, 15) is 28.6 Å². The topological polar surface area (TPSA) is 105 Å². The molecule has 0 radical (unpaired) electrons. The van der Waals surface area contributed by atoms with Crippen LogP contribution in [0.1, 0.15) is 10.4 Å². The number of halogens is 2. The summed E-state index contributed by atoms with van der Waals surface area (Å²) < 4.78 is 34.0. The van der Waals surface area contributed by atoms with E-state index in [-0.39, 0.29) is 28.1 Å². The fourth-order valence-corrected chi connectivity index (χ4v) is 2.66. The molecule has 0 bridgehead atoms. The van der Waals surface area contributed by atoms with Crippen molar-refractivity contribution in [2.45, 2.75) is 6.61 Å². The van der Waals surface area contributed by atoms with E-state index < -0.39 is 30.8 Å². The second-order valence-electron chi connectivity index (χ2n) is 5.84. The Kier molecular flexibility index (Phi) is 5.77. The molecule has 3 aromatic carbocycles. The number of nitrogens with one attached hydrogen (secondary N) is 1. The van der Waals surface area contributed by atoms with Crippen molar-refractivity contribution < 1.29 is 38.1 Å². The number of carbonyl (C=O) groups excluding carboxylic acids is 2. The molecular formula is C20H15F2NO6. The van der Waals surface area contributed by atoms with Gasteiger partial charge in [-0.05, 0) is 18.2 Å². The van der Waals surface area contributed by atoms with Crippen molar-refractivity contribution in [2.24, 2.45) is 0 Å². The third-order valence-corrected chi connectivity index (χ3v) is 3.93. The van der Waals surface area contributed by atoms with Crippen LogP contribution in [0.5, 0.6) is 17.2 Å². The average molecular weight is 403 g/mol. The third kappa shape index (κ3) is 4.52. The predicted octanol–water partition coefficient (Wildman–Crippen LogP) is 3.65. The first-order valence-electron chi connectivity index (χ1n) is 8.31. The Morgan fingerprint density at radius 3 is 2.38 bits per heavy atom. The van der Waals surface area contributed by atoms with E-state index in [2.05, 4.69) is 10.1 Å². The number of benzene rings is 3. The lowest BCUT2D eigenvalue weighted by Gasteiger charge is -2.12. The molecule has 1 amide bonds. The van der Waals surface area contributed by atoms with Gasteiger partial charge in [0.1, 0.15) is 22.8 Å². The van der Waals surface area contributed by atoms with Crippen LogP contribution in [-0.2, 0) is 9.53 Å². The number of hydrogen-bond acceptors (Lipinski definition) is 6. The van der Waals surface area contributed by atoms with Gasteiger partial charge in [-0.25, -0.2) is 4.79 Å². The molecule has 7 nitrogen and oxygen atoms in total. The van der Waals surface area contributed by atoms with E-state index in [0.29, 0.717) is 5.39 Å². The molecule has 3 aromatic rings. The van der Waals surface area contributed by atoms with E-state index in [4.69, 9.17) is 4.74 Å². The van der Waals surface area contributed by atoms with E-state index >= 15 is 0 Å². The molecule has 0 atom stereocenters. The molecule has 29 heavy (non-hydrogen) atoms. The molecule has 0 fully saturated rings. The van der Waals surface area contributed by atoms with E-state index in [0.717, 1.165) is 6.07 Å². The van der Waals surface area contributed by atoms with Gasteiger partial charge in [-0.15, -0.1) is 0 Å². The molecule has 0 aliphatic heterocycles. The number of fused-ring (bicyclic) bond motifs is 1. The molecule has 0 unspecified atom stereocenters. The van der Waals surface area contributed by atoms with Crippen molar-refractivity contribution in [1.29, 1.82) is 0 Å². The molecule has 3 rings (SSSR count). The molecule has 0 spiro atoms. The second kappa shape index (κ2) is 8.42. The Morgan fingerprint density at radius 2 is 1.66 bits per heavy atom. The molecule has 0 saturated heterocycles. The summed E-state index contributed by atoms with van der Waals surface area (Å²) in [5.41, 5.74) is -0.351. The number of rotatable bonds is 6. The summed E-state index contributed by atoms with van der Waals surface area (Å²) in [6, 6.07) is 12.9. The van der Waals surface area contributed by atoms with Gasteiger partial charge in [0.25, 0.3) is 5.91 Å². The van der Waals surface area contributed by atoms with Crippen molar-refractivity contribution in [3.05, 3.63) is 60.2 Å². The maximum absolute atomic E-state index is 12.4. The standard InChI is InChI=1S/C20H15F2NO6/c21-20(22)29-16-8-4-3-7-14(16)23-17(25)10-28-19(27)13-9-15(24)11-5-1-2-6-12(11)18(13)26/h1-9,20,24,26H,10H2,(H,23,25). The minimum absolute atomic E-state index is 0.0277. The molecule has 0 aliphatic rings. The van der Waals surface area contributed by atoms with Crippen LogP contribution in [0.2, 0.25) is 0 Å². The van der Waals surface area contributed by atoms with Gasteiger partial charge in [0.15, 0.2) is 6.61 Å². The van der Waals surface area contributed by atoms with Crippen LogP contribution in [0.3, 0.4) is 0 Å².